The second-order valence-electron chi connectivity index (χ2n) is 4.08. The standard InChI is InChI=1S/C11H21N5O2/c1-3-13-8(2)10-15-16-11(18-10)14-7-5-4-6-9(12)17/h8,13H,3-7H2,1-2H3,(H2,12,17)(H,14,16). The molecule has 1 aromatic heterocycles. The van der Waals surface area contributed by atoms with E-state index in [4.69, 9.17) is 10.2 Å². The summed E-state index contributed by atoms with van der Waals surface area (Å²) in [6.07, 6.45) is 2.01. The van der Waals surface area contributed by atoms with Gasteiger partial charge < -0.3 is 20.8 Å². The van der Waals surface area contributed by atoms with E-state index in [-0.39, 0.29) is 11.9 Å². The molecule has 0 aliphatic rings. The highest BCUT2D eigenvalue weighted by molar-refractivity contribution is 5.73. The van der Waals surface area contributed by atoms with E-state index in [9.17, 15) is 4.79 Å². The third-order valence-corrected chi connectivity index (χ3v) is 2.45. The first-order valence-corrected chi connectivity index (χ1v) is 6.22. The van der Waals surface area contributed by atoms with Gasteiger partial charge in [0.15, 0.2) is 0 Å². The fraction of sp³-hybridized carbons (Fsp3) is 0.727. The molecule has 0 bridgehead atoms. The minimum absolute atomic E-state index is 0.0490. The number of nitrogens with two attached hydrogens (primary N) is 1. The lowest BCUT2D eigenvalue weighted by atomic mass is 10.2. The first-order valence-electron chi connectivity index (χ1n) is 6.22. The van der Waals surface area contributed by atoms with Crippen LogP contribution in [0, 0.1) is 0 Å². The van der Waals surface area contributed by atoms with Crippen LogP contribution in [0.15, 0.2) is 4.42 Å². The molecule has 0 spiro atoms. The van der Waals surface area contributed by atoms with Gasteiger partial charge in [-0.25, -0.2) is 0 Å². The van der Waals surface area contributed by atoms with Crippen molar-refractivity contribution in [1.82, 2.24) is 15.5 Å². The van der Waals surface area contributed by atoms with Crippen molar-refractivity contribution < 1.29 is 9.21 Å². The van der Waals surface area contributed by atoms with Crippen molar-refractivity contribution in [2.24, 2.45) is 5.73 Å². The van der Waals surface area contributed by atoms with Gasteiger partial charge in [-0.15, -0.1) is 5.10 Å². The van der Waals surface area contributed by atoms with Crippen molar-refractivity contribution in [3.8, 4) is 0 Å². The van der Waals surface area contributed by atoms with Crippen molar-refractivity contribution in [2.45, 2.75) is 39.2 Å². The molecule has 18 heavy (non-hydrogen) atoms. The number of anilines is 1. The van der Waals surface area contributed by atoms with E-state index >= 15 is 0 Å². The maximum Gasteiger partial charge on any atom is 0.315 e. The zero-order chi connectivity index (χ0) is 13.4. The Morgan fingerprint density at radius 1 is 1.44 bits per heavy atom. The van der Waals surface area contributed by atoms with Crippen LogP contribution in [0.3, 0.4) is 0 Å². The van der Waals surface area contributed by atoms with E-state index in [0.717, 1.165) is 19.4 Å². The lowest BCUT2D eigenvalue weighted by molar-refractivity contribution is -0.118. The van der Waals surface area contributed by atoms with Crippen molar-refractivity contribution in [3.05, 3.63) is 5.89 Å². The van der Waals surface area contributed by atoms with Gasteiger partial charge in [-0.3, -0.25) is 4.79 Å². The molecule has 0 saturated heterocycles. The summed E-state index contributed by atoms with van der Waals surface area (Å²) in [5.41, 5.74) is 5.04. The summed E-state index contributed by atoms with van der Waals surface area (Å²) >= 11 is 0. The summed E-state index contributed by atoms with van der Waals surface area (Å²) in [5.74, 6) is 0.297. The van der Waals surface area contributed by atoms with Gasteiger partial charge in [-0.1, -0.05) is 12.0 Å². The summed E-state index contributed by atoms with van der Waals surface area (Å²) in [5, 5.41) is 14.0. The van der Waals surface area contributed by atoms with Crippen LogP contribution in [-0.4, -0.2) is 29.2 Å². The Bertz CT molecular complexity index is 366. The number of nitrogens with zero attached hydrogens (tertiary/aromatic N) is 2. The van der Waals surface area contributed by atoms with Crippen LogP contribution in [-0.2, 0) is 4.79 Å². The average molecular weight is 255 g/mol. The number of hydrogen-bond donors (Lipinski definition) is 3. The Hall–Kier alpha value is -1.63. The predicted molar refractivity (Wildman–Crippen MR) is 67.9 cm³/mol. The molecule has 0 fully saturated rings. The molecule has 0 saturated carbocycles. The number of carbonyl (C=O) groups excluding carboxylic acids is 1. The Kier molecular flexibility index (Phi) is 6.13. The SMILES string of the molecule is CCNC(C)c1nnc(NCCCCC(N)=O)o1. The molecule has 0 radical (unpaired) electrons. The number of rotatable bonds is 9. The van der Waals surface area contributed by atoms with Crippen LogP contribution in [0.4, 0.5) is 6.01 Å². The molecule has 0 aliphatic heterocycles. The van der Waals surface area contributed by atoms with Crippen LogP contribution < -0.4 is 16.4 Å². The third kappa shape index (κ3) is 5.13. The molecule has 7 nitrogen and oxygen atoms in total. The highest BCUT2D eigenvalue weighted by Crippen LogP contribution is 2.13. The molecule has 1 unspecified atom stereocenters. The smallest absolute Gasteiger partial charge is 0.315 e. The maximum absolute atomic E-state index is 10.5. The fourth-order valence-electron chi connectivity index (χ4n) is 1.49. The lowest BCUT2D eigenvalue weighted by Gasteiger charge is -2.05. The molecule has 1 rings (SSSR count). The summed E-state index contributed by atoms with van der Waals surface area (Å²) in [6.45, 7) is 5.52. The highest BCUT2D eigenvalue weighted by atomic mass is 16.4. The van der Waals surface area contributed by atoms with Gasteiger partial charge in [0.05, 0.1) is 6.04 Å². The molecular formula is C11H21N5O2. The number of amides is 1. The Balaban J connectivity index is 2.24. The highest BCUT2D eigenvalue weighted by Gasteiger charge is 2.12. The summed E-state index contributed by atoms with van der Waals surface area (Å²) in [7, 11) is 0. The maximum atomic E-state index is 10.5. The van der Waals surface area contributed by atoms with E-state index in [1.165, 1.54) is 0 Å². The third-order valence-electron chi connectivity index (χ3n) is 2.45. The summed E-state index contributed by atoms with van der Waals surface area (Å²) < 4.78 is 5.44. The molecular weight excluding hydrogens is 234 g/mol. The van der Waals surface area contributed by atoms with E-state index in [2.05, 4.69) is 20.8 Å². The molecule has 4 N–H and O–H groups in total. The number of unbranched alkanes of at least 4 members (excludes halogenated alkanes) is 1. The first-order chi connectivity index (χ1) is 8.63. The minimum Gasteiger partial charge on any atom is -0.406 e. The predicted octanol–water partition coefficient (Wildman–Crippen LogP) is 0.808. The number of hydrogen-bond acceptors (Lipinski definition) is 6. The number of primary amides is 1. The monoisotopic (exact) mass is 255 g/mol. The van der Waals surface area contributed by atoms with Gasteiger partial charge >= 0.3 is 6.01 Å². The Morgan fingerprint density at radius 2 is 2.22 bits per heavy atom. The van der Waals surface area contributed by atoms with Crippen LogP contribution in [0.1, 0.15) is 45.0 Å². The van der Waals surface area contributed by atoms with Crippen LogP contribution in [0.25, 0.3) is 0 Å². The zero-order valence-corrected chi connectivity index (χ0v) is 10.9. The van der Waals surface area contributed by atoms with Gasteiger partial charge in [-0.2, -0.15) is 0 Å². The summed E-state index contributed by atoms with van der Waals surface area (Å²) in [6, 6.07) is 0.460. The number of carbonyl (C=O) groups is 1. The molecule has 1 heterocycles. The second-order valence-corrected chi connectivity index (χ2v) is 4.08. The Labute approximate surface area is 107 Å². The molecule has 7 heteroatoms. The van der Waals surface area contributed by atoms with Crippen LogP contribution in [0.5, 0.6) is 0 Å². The minimum atomic E-state index is -0.269. The van der Waals surface area contributed by atoms with Gasteiger partial charge in [0, 0.05) is 13.0 Å². The van der Waals surface area contributed by atoms with E-state index in [0.29, 0.717) is 24.9 Å². The summed E-state index contributed by atoms with van der Waals surface area (Å²) in [4.78, 5) is 10.5. The Morgan fingerprint density at radius 3 is 2.89 bits per heavy atom. The fourth-order valence-corrected chi connectivity index (χ4v) is 1.49. The molecule has 0 aromatic carbocycles. The number of nitrogens with one attached hydrogen (secondary N) is 2. The van der Waals surface area contributed by atoms with Crippen molar-refractivity contribution in [3.63, 3.8) is 0 Å². The second kappa shape index (κ2) is 7.65. The first kappa shape index (κ1) is 14.4. The quantitative estimate of drug-likeness (QED) is 0.564. The van der Waals surface area contributed by atoms with Gasteiger partial charge in [0.2, 0.25) is 11.8 Å². The van der Waals surface area contributed by atoms with E-state index < -0.39 is 0 Å². The largest absolute Gasteiger partial charge is 0.406 e. The van der Waals surface area contributed by atoms with Gasteiger partial charge in [-0.05, 0) is 26.3 Å². The molecule has 1 aromatic rings. The van der Waals surface area contributed by atoms with Crippen LogP contribution >= 0.6 is 0 Å². The van der Waals surface area contributed by atoms with E-state index in [1.54, 1.807) is 0 Å². The number of aromatic nitrogens is 2. The molecule has 102 valence electrons. The average Bonchev–Trinajstić information content (AvgIpc) is 2.77. The van der Waals surface area contributed by atoms with Crippen LogP contribution in [0.2, 0.25) is 0 Å². The molecule has 1 amide bonds. The van der Waals surface area contributed by atoms with Gasteiger partial charge in [0.25, 0.3) is 0 Å². The molecule has 0 aliphatic carbocycles. The van der Waals surface area contributed by atoms with Crippen molar-refractivity contribution in [2.75, 3.05) is 18.4 Å². The van der Waals surface area contributed by atoms with Crippen molar-refractivity contribution >= 4 is 11.9 Å². The molecule has 1 atom stereocenters. The van der Waals surface area contributed by atoms with E-state index in [1.807, 2.05) is 13.8 Å². The zero-order valence-electron chi connectivity index (χ0n) is 10.9. The van der Waals surface area contributed by atoms with Gasteiger partial charge in [0.1, 0.15) is 0 Å². The lowest BCUT2D eigenvalue weighted by Crippen LogP contribution is -2.17. The van der Waals surface area contributed by atoms with Crippen molar-refractivity contribution in [1.29, 1.82) is 0 Å². The normalized spacial score (nSPS) is 12.3. The topological polar surface area (TPSA) is 106 Å².